The van der Waals surface area contributed by atoms with Crippen molar-refractivity contribution in [3.05, 3.63) is 0 Å². The summed E-state index contributed by atoms with van der Waals surface area (Å²) < 4.78 is 0. The van der Waals surface area contributed by atoms with Crippen molar-refractivity contribution in [2.45, 2.75) is 102 Å². The molecule has 1 amide bonds. The minimum atomic E-state index is -0.342. The first-order chi connectivity index (χ1) is 11.8. The molecule has 0 atom stereocenters. The monoisotopic (exact) mass is 334 g/mol. The van der Waals surface area contributed by atoms with Gasteiger partial charge in [-0.2, -0.15) is 0 Å². The third-order valence-electron chi connectivity index (χ3n) is 6.21. The Morgan fingerprint density at radius 1 is 0.708 bits per heavy atom. The number of carbonyl (C=O) groups is 1. The van der Waals surface area contributed by atoms with E-state index in [1.807, 2.05) is 0 Å². The van der Waals surface area contributed by atoms with Gasteiger partial charge in [0, 0.05) is 17.9 Å². The molecular weight excluding hydrogens is 300 g/mol. The fraction of sp³-hybridized carbons (Fsp3) is 0.900. The van der Waals surface area contributed by atoms with E-state index in [2.05, 4.69) is 10.5 Å². The molecule has 0 aromatic heterocycles. The van der Waals surface area contributed by atoms with Crippen LogP contribution < -0.4 is 5.32 Å². The highest BCUT2D eigenvalue weighted by atomic mass is 16.7. The number of hydrogen-bond donors (Lipinski definition) is 1. The van der Waals surface area contributed by atoms with E-state index in [4.69, 9.17) is 4.84 Å². The highest BCUT2D eigenvalue weighted by molar-refractivity contribution is 5.89. The van der Waals surface area contributed by atoms with Gasteiger partial charge < -0.3 is 5.32 Å². The Hall–Kier alpha value is -1.06. The van der Waals surface area contributed by atoms with Gasteiger partial charge in [0.15, 0.2) is 0 Å². The van der Waals surface area contributed by atoms with Crippen LogP contribution >= 0.6 is 0 Å². The summed E-state index contributed by atoms with van der Waals surface area (Å²) in [5.41, 5.74) is 1.20. The Labute approximate surface area is 146 Å². The van der Waals surface area contributed by atoms with Crippen molar-refractivity contribution in [1.82, 2.24) is 5.32 Å². The van der Waals surface area contributed by atoms with Crippen LogP contribution in [0.3, 0.4) is 0 Å². The number of rotatable bonds is 4. The summed E-state index contributed by atoms with van der Waals surface area (Å²) in [5.74, 6) is 1.09. The number of nitrogens with one attached hydrogen (secondary N) is 1. The van der Waals surface area contributed by atoms with E-state index in [1.54, 1.807) is 0 Å². The van der Waals surface area contributed by atoms with Crippen LogP contribution in [0.2, 0.25) is 0 Å². The maximum atomic E-state index is 12.1. The first kappa shape index (κ1) is 17.8. The van der Waals surface area contributed by atoms with Crippen LogP contribution in [0.5, 0.6) is 0 Å². The smallest absolute Gasteiger partial charge is 0.317 e. The van der Waals surface area contributed by atoms with Crippen molar-refractivity contribution in [2.24, 2.45) is 17.0 Å². The van der Waals surface area contributed by atoms with E-state index in [0.29, 0.717) is 11.8 Å². The molecule has 4 heteroatoms. The molecule has 0 unspecified atom stereocenters. The van der Waals surface area contributed by atoms with Gasteiger partial charge in [-0.3, -0.25) is 4.84 Å². The summed E-state index contributed by atoms with van der Waals surface area (Å²) in [7, 11) is 0. The molecule has 1 N–H and O–H groups in total. The zero-order valence-electron chi connectivity index (χ0n) is 15.1. The molecule has 3 fully saturated rings. The lowest BCUT2D eigenvalue weighted by Crippen LogP contribution is -2.36. The molecule has 0 aliphatic heterocycles. The fourth-order valence-corrected chi connectivity index (χ4v) is 4.81. The summed E-state index contributed by atoms with van der Waals surface area (Å²) in [6.07, 6.45) is 18.3. The van der Waals surface area contributed by atoms with Gasteiger partial charge in [-0.15, -0.1) is 0 Å². The molecule has 3 aliphatic carbocycles. The predicted molar refractivity (Wildman–Crippen MR) is 97.1 cm³/mol. The summed E-state index contributed by atoms with van der Waals surface area (Å²) in [6, 6.07) is 0.286. The van der Waals surface area contributed by atoms with E-state index < -0.39 is 0 Å². The van der Waals surface area contributed by atoms with E-state index in [-0.39, 0.29) is 12.1 Å². The number of amides is 1. The Kier molecular flexibility index (Phi) is 6.98. The van der Waals surface area contributed by atoms with Crippen molar-refractivity contribution in [3.8, 4) is 0 Å². The van der Waals surface area contributed by atoms with Gasteiger partial charge in [0.25, 0.3) is 0 Å². The van der Waals surface area contributed by atoms with Crippen LogP contribution in [0.4, 0.5) is 4.79 Å². The summed E-state index contributed by atoms with van der Waals surface area (Å²) in [5, 5.41) is 7.45. The van der Waals surface area contributed by atoms with Gasteiger partial charge in [-0.25, -0.2) is 4.79 Å². The number of nitrogens with zero attached hydrogens (tertiary/aromatic N) is 1. The van der Waals surface area contributed by atoms with Crippen LogP contribution in [-0.4, -0.2) is 17.8 Å². The first-order valence-corrected chi connectivity index (χ1v) is 10.4. The van der Waals surface area contributed by atoms with Gasteiger partial charge in [-0.1, -0.05) is 62.9 Å². The third-order valence-corrected chi connectivity index (χ3v) is 6.21. The van der Waals surface area contributed by atoms with Gasteiger partial charge in [0.1, 0.15) is 0 Å². The standard InChI is InChI=1S/C20H34N2O2/c23-20(21-18-14-8-3-9-15-18)24-22-19(16-10-4-1-5-11-16)17-12-6-2-7-13-17/h16-18H,1-15H2,(H,21,23). The SMILES string of the molecule is O=C(NC1CCCCC1)ON=C(C1CCCCC1)C1CCCCC1. The van der Waals surface area contributed by atoms with Crippen LogP contribution in [-0.2, 0) is 4.84 Å². The van der Waals surface area contributed by atoms with Crippen molar-refractivity contribution >= 4 is 11.8 Å². The van der Waals surface area contributed by atoms with E-state index in [9.17, 15) is 4.79 Å². The highest BCUT2D eigenvalue weighted by Crippen LogP contribution is 2.33. The van der Waals surface area contributed by atoms with Gasteiger partial charge in [0.05, 0.1) is 5.71 Å². The molecule has 3 aliphatic rings. The predicted octanol–water partition coefficient (Wildman–Crippen LogP) is 5.56. The minimum Gasteiger partial charge on any atom is -0.317 e. The number of oxime groups is 1. The van der Waals surface area contributed by atoms with E-state index >= 15 is 0 Å². The molecule has 0 bridgehead atoms. The lowest BCUT2D eigenvalue weighted by atomic mass is 9.76. The van der Waals surface area contributed by atoms with Crippen LogP contribution in [0.15, 0.2) is 5.16 Å². The minimum absolute atomic E-state index is 0.286. The van der Waals surface area contributed by atoms with Crippen molar-refractivity contribution in [3.63, 3.8) is 0 Å². The summed E-state index contributed by atoms with van der Waals surface area (Å²) in [4.78, 5) is 17.5. The molecule has 0 spiro atoms. The quantitative estimate of drug-likeness (QED) is 0.415. The molecular formula is C20H34N2O2. The first-order valence-electron chi connectivity index (χ1n) is 10.4. The van der Waals surface area contributed by atoms with Gasteiger partial charge >= 0.3 is 6.09 Å². The second-order valence-electron chi connectivity index (χ2n) is 8.04. The number of hydrogen-bond acceptors (Lipinski definition) is 3. The Bertz CT molecular complexity index is 397. The maximum absolute atomic E-state index is 12.1. The normalized spacial score (nSPS) is 24.3. The maximum Gasteiger partial charge on any atom is 0.433 e. The van der Waals surface area contributed by atoms with Gasteiger partial charge in [-0.05, 0) is 38.5 Å². The van der Waals surface area contributed by atoms with E-state index in [1.165, 1.54) is 89.2 Å². The largest absolute Gasteiger partial charge is 0.433 e. The van der Waals surface area contributed by atoms with Crippen LogP contribution in [0.1, 0.15) is 96.3 Å². The lowest BCUT2D eigenvalue weighted by molar-refractivity contribution is 0.141. The van der Waals surface area contributed by atoms with Gasteiger partial charge in [0.2, 0.25) is 0 Å². The molecule has 0 saturated heterocycles. The third kappa shape index (κ3) is 5.22. The summed E-state index contributed by atoms with van der Waals surface area (Å²) in [6.45, 7) is 0. The summed E-state index contributed by atoms with van der Waals surface area (Å²) >= 11 is 0. The number of carbonyl (C=O) groups excluding carboxylic acids is 1. The highest BCUT2D eigenvalue weighted by Gasteiger charge is 2.28. The van der Waals surface area contributed by atoms with Crippen molar-refractivity contribution in [2.75, 3.05) is 0 Å². The second-order valence-corrected chi connectivity index (χ2v) is 8.04. The van der Waals surface area contributed by atoms with Crippen LogP contribution in [0, 0.1) is 11.8 Å². The zero-order chi connectivity index (χ0) is 16.6. The molecule has 0 heterocycles. The van der Waals surface area contributed by atoms with E-state index in [0.717, 1.165) is 12.8 Å². The topological polar surface area (TPSA) is 50.7 Å². The Morgan fingerprint density at radius 2 is 1.17 bits per heavy atom. The molecule has 136 valence electrons. The average molecular weight is 335 g/mol. The molecule has 24 heavy (non-hydrogen) atoms. The molecule has 3 saturated carbocycles. The molecule has 4 nitrogen and oxygen atoms in total. The fourth-order valence-electron chi connectivity index (χ4n) is 4.81. The Balaban J connectivity index is 1.58. The Morgan fingerprint density at radius 3 is 1.67 bits per heavy atom. The molecule has 0 radical (unpaired) electrons. The molecule has 0 aromatic rings. The van der Waals surface area contributed by atoms with Crippen LogP contribution in [0.25, 0.3) is 0 Å². The average Bonchev–Trinajstić information content (AvgIpc) is 2.64. The molecule has 0 aromatic carbocycles. The second kappa shape index (κ2) is 9.43. The molecule has 3 rings (SSSR count). The lowest BCUT2D eigenvalue weighted by Gasteiger charge is -2.30. The van der Waals surface area contributed by atoms with Crippen molar-refractivity contribution in [1.29, 1.82) is 0 Å². The zero-order valence-corrected chi connectivity index (χ0v) is 15.1. The van der Waals surface area contributed by atoms with Crippen molar-refractivity contribution < 1.29 is 9.63 Å².